The first-order chi connectivity index (χ1) is 18.1. The highest BCUT2D eigenvalue weighted by Crippen LogP contribution is 2.50. The molecule has 0 radical (unpaired) electrons. The van der Waals surface area contributed by atoms with Crippen molar-refractivity contribution in [3.05, 3.63) is 28.4 Å². The highest BCUT2D eigenvalue weighted by atomic mass is 16.7. The van der Waals surface area contributed by atoms with E-state index in [2.05, 4.69) is 0 Å². The van der Waals surface area contributed by atoms with Gasteiger partial charge in [-0.15, -0.1) is 0 Å². The first kappa shape index (κ1) is 27.1. The second-order valence-corrected chi connectivity index (χ2v) is 8.26. The number of aliphatic hydroxyl groups is 4. The van der Waals surface area contributed by atoms with Crippen LogP contribution in [0.1, 0.15) is 0 Å². The van der Waals surface area contributed by atoms with Crippen LogP contribution in [0.2, 0.25) is 0 Å². The third-order valence-electron chi connectivity index (χ3n) is 6.09. The van der Waals surface area contributed by atoms with E-state index in [9.17, 15) is 40.5 Å². The Labute approximate surface area is 214 Å². The van der Waals surface area contributed by atoms with Gasteiger partial charge in [-0.05, 0) is 18.2 Å². The molecule has 1 aliphatic heterocycles. The number of aliphatic hydroxyl groups excluding tert-OH is 4. The normalized spacial score (nSPS) is 23.3. The summed E-state index contributed by atoms with van der Waals surface area (Å²) in [4.78, 5) is 13.8. The van der Waals surface area contributed by atoms with E-state index >= 15 is 0 Å². The molecule has 38 heavy (non-hydrogen) atoms. The van der Waals surface area contributed by atoms with Crippen molar-refractivity contribution < 1.29 is 63.8 Å². The zero-order chi connectivity index (χ0) is 27.9. The number of methoxy groups -OCH3 is 3. The van der Waals surface area contributed by atoms with Crippen molar-refractivity contribution in [2.24, 2.45) is 0 Å². The molecule has 4 rings (SSSR count). The highest BCUT2D eigenvalue weighted by molar-refractivity contribution is 5.96. The lowest BCUT2D eigenvalue weighted by Crippen LogP contribution is -2.60. The molecule has 1 saturated heterocycles. The minimum absolute atomic E-state index is 0.0172. The maximum atomic E-state index is 13.8. The van der Waals surface area contributed by atoms with Gasteiger partial charge in [0.25, 0.3) is 0 Å². The van der Waals surface area contributed by atoms with Crippen molar-refractivity contribution in [3.8, 4) is 51.6 Å². The van der Waals surface area contributed by atoms with E-state index in [-0.39, 0.29) is 28.6 Å². The Kier molecular flexibility index (Phi) is 7.44. The molecule has 0 spiro atoms. The van der Waals surface area contributed by atoms with E-state index in [0.717, 1.165) is 7.11 Å². The first-order valence-electron chi connectivity index (χ1n) is 11.1. The Morgan fingerprint density at radius 3 is 2.16 bits per heavy atom. The highest BCUT2D eigenvalue weighted by Gasteiger charge is 2.45. The summed E-state index contributed by atoms with van der Waals surface area (Å²) >= 11 is 0. The van der Waals surface area contributed by atoms with Crippen LogP contribution in [0.5, 0.6) is 40.2 Å². The Morgan fingerprint density at radius 1 is 0.868 bits per heavy atom. The molecular weight excluding hydrogens is 512 g/mol. The van der Waals surface area contributed by atoms with Crippen LogP contribution in [0.4, 0.5) is 0 Å². The van der Waals surface area contributed by atoms with Crippen molar-refractivity contribution in [1.29, 1.82) is 0 Å². The quantitative estimate of drug-likeness (QED) is 0.207. The van der Waals surface area contributed by atoms with E-state index in [1.165, 1.54) is 32.4 Å². The van der Waals surface area contributed by atoms with E-state index in [0.29, 0.717) is 0 Å². The SMILES string of the molecule is COc1cc(-c2oc3c(OC)c(O)c(OC)c(O)c3c(=O)c2O[C@H]2O[C@@H](CO)[C@H](O)[C@@H](O)[C@@H]2O)ccc1O. The molecule has 1 aliphatic rings. The van der Waals surface area contributed by atoms with Crippen LogP contribution in [0.15, 0.2) is 27.4 Å². The van der Waals surface area contributed by atoms with E-state index in [1.807, 2.05) is 0 Å². The summed E-state index contributed by atoms with van der Waals surface area (Å²) < 4.78 is 32.2. The van der Waals surface area contributed by atoms with Crippen LogP contribution in [-0.2, 0) is 4.74 Å². The van der Waals surface area contributed by atoms with Crippen LogP contribution >= 0.6 is 0 Å². The molecule has 0 amide bonds. The summed E-state index contributed by atoms with van der Waals surface area (Å²) in [5, 5.41) is 71.0. The van der Waals surface area contributed by atoms with Gasteiger partial charge in [-0.3, -0.25) is 4.79 Å². The summed E-state index contributed by atoms with van der Waals surface area (Å²) in [7, 11) is 3.59. The summed E-state index contributed by atoms with van der Waals surface area (Å²) in [5.41, 5.74) is -1.36. The first-order valence-corrected chi connectivity index (χ1v) is 11.1. The lowest BCUT2D eigenvalue weighted by molar-refractivity contribution is -0.277. The second-order valence-electron chi connectivity index (χ2n) is 8.26. The standard InChI is InChI=1S/C24H26O14/c1-33-10-6-8(4-5-9(10)26)19-23(38-24-17(31)16(30)13(27)11(7-25)36-24)15(29)12-14(28)21(34-2)18(32)22(35-3)20(12)37-19/h4-6,11,13,16-17,24-28,30-32H,7H2,1-3H3/t11-,13-,16+,17-,24+/m0/s1. The molecule has 7 N–H and O–H groups in total. The molecule has 5 atom stereocenters. The van der Waals surface area contributed by atoms with Gasteiger partial charge in [-0.25, -0.2) is 0 Å². The summed E-state index contributed by atoms with van der Waals surface area (Å²) in [6.07, 6.45) is -8.55. The van der Waals surface area contributed by atoms with Crippen molar-refractivity contribution in [2.45, 2.75) is 30.7 Å². The molecular formula is C24H26O14. The van der Waals surface area contributed by atoms with Gasteiger partial charge in [-0.1, -0.05) is 0 Å². The van der Waals surface area contributed by atoms with Crippen LogP contribution in [0.25, 0.3) is 22.3 Å². The minimum Gasteiger partial charge on any atom is -0.504 e. The third-order valence-corrected chi connectivity index (χ3v) is 6.09. The molecule has 0 aliphatic carbocycles. The lowest BCUT2D eigenvalue weighted by Gasteiger charge is -2.39. The van der Waals surface area contributed by atoms with Crippen molar-refractivity contribution in [1.82, 2.24) is 0 Å². The molecule has 1 aromatic heterocycles. The van der Waals surface area contributed by atoms with Crippen LogP contribution < -0.4 is 24.4 Å². The molecule has 14 heteroatoms. The van der Waals surface area contributed by atoms with Crippen LogP contribution in [0.3, 0.4) is 0 Å². The minimum atomic E-state index is -1.89. The molecule has 2 aromatic carbocycles. The Balaban J connectivity index is 2.03. The Hall–Kier alpha value is -3.95. The number of phenols is 3. The summed E-state index contributed by atoms with van der Waals surface area (Å²) in [6.45, 7) is -0.756. The Bertz CT molecular complexity index is 1400. The molecule has 0 unspecified atom stereocenters. The zero-order valence-electron chi connectivity index (χ0n) is 20.3. The fraction of sp³-hybridized carbons (Fsp3) is 0.375. The van der Waals surface area contributed by atoms with Gasteiger partial charge in [0.05, 0.1) is 27.9 Å². The number of hydrogen-bond acceptors (Lipinski definition) is 14. The largest absolute Gasteiger partial charge is 0.504 e. The number of aromatic hydroxyl groups is 3. The van der Waals surface area contributed by atoms with Gasteiger partial charge in [-0.2, -0.15) is 0 Å². The van der Waals surface area contributed by atoms with Crippen molar-refractivity contribution in [2.75, 3.05) is 27.9 Å². The predicted octanol–water partition coefficient (Wildman–Crippen LogP) is -0.219. The summed E-state index contributed by atoms with van der Waals surface area (Å²) in [5.74, 6) is -3.61. The van der Waals surface area contributed by atoms with Gasteiger partial charge in [0.1, 0.15) is 29.8 Å². The third kappa shape index (κ3) is 4.27. The number of rotatable bonds is 7. The number of hydrogen-bond donors (Lipinski definition) is 7. The second kappa shape index (κ2) is 10.4. The fourth-order valence-electron chi connectivity index (χ4n) is 4.11. The number of fused-ring (bicyclic) bond motifs is 1. The molecule has 1 fully saturated rings. The molecule has 3 aromatic rings. The van der Waals surface area contributed by atoms with Gasteiger partial charge >= 0.3 is 0 Å². The van der Waals surface area contributed by atoms with Gasteiger partial charge < -0.3 is 63.8 Å². The van der Waals surface area contributed by atoms with Gasteiger partial charge in [0, 0.05) is 5.56 Å². The lowest BCUT2D eigenvalue weighted by atomic mass is 9.99. The smallest absolute Gasteiger partial charge is 0.239 e. The maximum Gasteiger partial charge on any atom is 0.239 e. The number of benzene rings is 2. The Morgan fingerprint density at radius 2 is 1.55 bits per heavy atom. The topological polar surface area (TPSA) is 218 Å². The maximum absolute atomic E-state index is 13.8. The van der Waals surface area contributed by atoms with Gasteiger partial charge in [0.15, 0.2) is 28.6 Å². The van der Waals surface area contributed by atoms with E-state index in [4.69, 9.17) is 28.1 Å². The zero-order valence-corrected chi connectivity index (χ0v) is 20.3. The monoisotopic (exact) mass is 538 g/mol. The van der Waals surface area contributed by atoms with Gasteiger partial charge in [0.2, 0.25) is 34.7 Å². The molecule has 0 saturated carbocycles. The molecule has 14 nitrogen and oxygen atoms in total. The number of ether oxygens (including phenoxy) is 5. The average molecular weight is 538 g/mol. The molecule has 0 bridgehead atoms. The predicted molar refractivity (Wildman–Crippen MR) is 127 cm³/mol. The summed E-state index contributed by atoms with van der Waals surface area (Å²) in [6, 6.07) is 3.85. The molecule has 206 valence electrons. The fourth-order valence-corrected chi connectivity index (χ4v) is 4.11. The van der Waals surface area contributed by atoms with Crippen LogP contribution in [-0.4, -0.2) is 94.4 Å². The molecule has 2 heterocycles. The average Bonchev–Trinajstić information content (AvgIpc) is 2.90. The number of phenolic OH excluding ortho intramolecular Hbond substituents is 3. The van der Waals surface area contributed by atoms with E-state index in [1.54, 1.807) is 0 Å². The van der Waals surface area contributed by atoms with Crippen LogP contribution in [0, 0.1) is 0 Å². The van der Waals surface area contributed by atoms with Crippen molar-refractivity contribution >= 4 is 11.0 Å². The van der Waals surface area contributed by atoms with Crippen molar-refractivity contribution in [3.63, 3.8) is 0 Å². The van der Waals surface area contributed by atoms with E-state index < -0.39 is 76.7 Å².